The highest BCUT2D eigenvalue weighted by atomic mass is 79.9. The maximum absolute atomic E-state index is 12.3. The van der Waals surface area contributed by atoms with Crippen LogP contribution in [0.5, 0.6) is 0 Å². The van der Waals surface area contributed by atoms with Crippen molar-refractivity contribution in [3.8, 4) is 0 Å². The fraction of sp³-hybridized carbons (Fsp3) is 0.583. The molecule has 5 heteroatoms. The molecule has 17 heavy (non-hydrogen) atoms. The molecule has 1 amide bonds. The van der Waals surface area contributed by atoms with Gasteiger partial charge < -0.3 is 14.1 Å². The van der Waals surface area contributed by atoms with Crippen LogP contribution < -0.4 is 0 Å². The van der Waals surface area contributed by atoms with Gasteiger partial charge in [0.15, 0.2) is 5.76 Å². The van der Waals surface area contributed by atoms with E-state index in [-0.39, 0.29) is 11.9 Å². The number of rotatable bonds is 3. The van der Waals surface area contributed by atoms with Crippen molar-refractivity contribution in [2.75, 3.05) is 25.1 Å². The first-order valence-electron chi connectivity index (χ1n) is 5.79. The lowest BCUT2D eigenvalue weighted by atomic mass is 10.2. The van der Waals surface area contributed by atoms with Crippen LogP contribution in [0.2, 0.25) is 0 Å². The Balaban J connectivity index is 2.12. The quantitative estimate of drug-likeness (QED) is 0.803. The number of morpholine rings is 1. The van der Waals surface area contributed by atoms with Gasteiger partial charge in [0.05, 0.1) is 19.3 Å². The van der Waals surface area contributed by atoms with Crippen LogP contribution in [0.15, 0.2) is 16.5 Å². The Hall–Kier alpha value is -0.810. The molecule has 0 saturated carbocycles. The van der Waals surface area contributed by atoms with E-state index in [1.165, 1.54) is 0 Å². The Morgan fingerprint density at radius 3 is 3.06 bits per heavy atom. The number of alkyl halides is 1. The third kappa shape index (κ3) is 2.72. The number of ether oxygens (including phenoxy) is 1. The number of hydrogen-bond donors (Lipinski definition) is 0. The molecule has 0 spiro atoms. The van der Waals surface area contributed by atoms with Gasteiger partial charge in [0.25, 0.3) is 5.91 Å². The SMILES string of the molecule is CCc1ccc(C(=O)N2CCOCC2CBr)o1. The molecule has 94 valence electrons. The smallest absolute Gasteiger partial charge is 0.289 e. The van der Waals surface area contributed by atoms with E-state index in [1.807, 2.05) is 17.9 Å². The van der Waals surface area contributed by atoms with Gasteiger partial charge in [-0.1, -0.05) is 22.9 Å². The fourth-order valence-corrected chi connectivity index (χ4v) is 2.41. The van der Waals surface area contributed by atoms with Crippen molar-refractivity contribution in [3.63, 3.8) is 0 Å². The molecular weight excluding hydrogens is 286 g/mol. The molecule has 4 nitrogen and oxygen atoms in total. The number of amides is 1. The van der Waals surface area contributed by atoms with Gasteiger partial charge in [-0.25, -0.2) is 0 Å². The van der Waals surface area contributed by atoms with E-state index in [0.29, 0.717) is 25.5 Å². The van der Waals surface area contributed by atoms with Crippen molar-refractivity contribution >= 4 is 21.8 Å². The monoisotopic (exact) mass is 301 g/mol. The van der Waals surface area contributed by atoms with Crippen LogP contribution in [0.4, 0.5) is 0 Å². The number of nitrogens with zero attached hydrogens (tertiary/aromatic N) is 1. The first-order valence-corrected chi connectivity index (χ1v) is 6.91. The number of halogens is 1. The van der Waals surface area contributed by atoms with Gasteiger partial charge in [-0.2, -0.15) is 0 Å². The molecule has 1 aromatic rings. The molecule has 1 aliphatic heterocycles. The Bertz CT molecular complexity index is 391. The van der Waals surface area contributed by atoms with Crippen molar-refractivity contribution in [1.82, 2.24) is 4.90 Å². The summed E-state index contributed by atoms with van der Waals surface area (Å²) in [5.74, 6) is 1.23. The molecule has 1 atom stereocenters. The predicted molar refractivity (Wildman–Crippen MR) is 67.5 cm³/mol. The Morgan fingerprint density at radius 1 is 1.59 bits per heavy atom. The van der Waals surface area contributed by atoms with Crippen molar-refractivity contribution in [1.29, 1.82) is 0 Å². The number of carbonyl (C=O) groups excluding carboxylic acids is 1. The largest absolute Gasteiger partial charge is 0.456 e. The van der Waals surface area contributed by atoms with Crippen LogP contribution in [-0.4, -0.2) is 41.9 Å². The van der Waals surface area contributed by atoms with Crippen molar-refractivity contribution in [3.05, 3.63) is 23.7 Å². The second-order valence-electron chi connectivity index (χ2n) is 4.00. The van der Waals surface area contributed by atoms with E-state index >= 15 is 0 Å². The highest BCUT2D eigenvalue weighted by Gasteiger charge is 2.28. The molecular formula is C12H16BrNO3. The summed E-state index contributed by atoms with van der Waals surface area (Å²) in [6, 6.07) is 3.70. The normalized spacial score (nSPS) is 20.6. The molecule has 1 fully saturated rings. The predicted octanol–water partition coefficient (Wildman–Crippen LogP) is 2.08. The number of carbonyl (C=O) groups is 1. The topological polar surface area (TPSA) is 42.7 Å². The summed E-state index contributed by atoms with van der Waals surface area (Å²) < 4.78 is 10.9. The molecule has 2 heterocycles. The van der Waals surface area contributed by atoms with Crippen molar-refractivity contribution < 1.29 is 13.9 Å². The number of aryl methyl sites for hydroxylation is 1. The average Bonchev–Trinajstić information content (AvgIpc) is 2.86. The molecule has 1 aliphatic rings. The average molecular weight is 302 g/mol. The number of furan rings is 1. The van der Waals surface area contributed by atoms with E-state index in [9.17, 15) is 4.79 Å². The summed E-state index contributed by atoms with van der Waals surface area (Å²) in [4.78, 5) is 14.1. The number of hydrogen-bond acceptors (Lipinski definition) is 3. The van der Waals surface area contributed by atoms with Gasteiger partial charge in [0.1, 0.15) is 5.76 Å². The maximum atomic E-state index is 12.3. The Labute approximate surface area is 109 Å². The van der Waals surface area contributed by atoms with Crippen LogP contribution in [0.1, 0.15) is 23.2 Å². The minimum absolute atomic E-state index is 0.0440. The Morgan fingerprint density at radius 2 is 2.41 bits per heavy atom. The zero-order chi connectivity index (χ0) is 12.3. The summed E-state index contributed by atoms with van der Waals surface area (Å²) in [5, 5.41) is 0.722. The molecule has 0 bridgehead atoms. The van der Waals surface area contributed by atoms with Crippen LogP contribution in [0.25, 0.3) is 0 Å². The lowest BCUT2D eigenvalue weighted by molar-refractivity contribution is 0.00353. The third-order valence-electron chi connectivity index (χ3n) is 2.89. The van der Waals surface area contributed by atoms with Crippen LogP contribution in [0.3, 0.4) is 0 Å². The van der Waals surface area contributed by atoms with Crippen LogP contribution >= 0.6 is 15.9 Å². The first-order chi connectivity index (χ1) is 8.26. The summed E-state index contributed by atoms with van der Waals surface area (Å²) in [7, 11) is 0. The second-order valence-corrected chi connectivity index (χ2v) is 4.65. The Kier molecular flexibility index (Phi) is 4.23. The highest BCUT2D eigenvalue weighted by molar-refractivity contribution is 9.09. The second kappa shape index (κ2) is 5.69. The van der Waals surface area contributed by atoms with Gasteiger partial charge in [-0.05, 0) is 12.1 Å². The van der Waals surface area contributed by atoms with Gasteiger partial charge in [-0.3, -0.25) is 4.79 Å². The molecule has 0 N–H and O–H groups in total. The minimum atomic E-state index is -0.0440. The lowest BCUT2D eigenvalue weighted by Gasteiger charge is -2.33. The summed E-state index contributed by atoms with van der Waals surface area (Å²) >= 11 is 3.41. The molecule has 1 saturated heterocycles. The molecule has 0 radical (unpaired) electrons. The van der Waals surface area contributed by atoms with E-state index in [4.69, 9.17) is 9.15 Å². The van der Waals surface area contributed by atoms with Gasteiger partial charge in [0, 0.05) is 18.3 Å². The third-order valence-corrected chi connectivity index (χ3v) is 3.63. The van der Waals surface area contributed by atoms with E-state index in [1.54, 1.807) is 6.07 Å². The highest BCUT2D eigenvalue weighted by Crippen LogP contribution is 2.16. The first kappa shape index (κ1) is 12.6. The van der Waals surface area contributed by atoms with Gasteiger partial charge in [0.2, 0.25) is 0 Å². The minimum Gasteiger partial charge on any atom is -0.456 e. The fourth-order valence-electron chi connectivity index (χ4n) is 1.87. The summed E-state index contributed by atoms with van der Waals surface area (Å²) in [6.07, 6.45) is 0.804. The van der Waals surface area contributed by atoms with Crippen molar-refractivity contribution in [2.45, 2.75) is 19.4 Å². The van der Waals surface area contributed by atoms with E-state index in [0.717, 1.165) is 17.5 Å². The standard InChI is InChI=1S/C12H16BrNO3/c1-2-10-3-4-11(17-10)12(15)14-5-6-16-8-9(14)7-13/h3-4,9H,2,5-8H2,1H3. The lowest BCUT2D eigenvalue weighted by Crippen LogP contribution is -2.49. The molecule has 0 aliphatic carbocycles. The van der Waals surface area contributed by atoms with E-state index < -0.39 is 0 Å². The zero-order valence-electron chi connectivity index (χ0n) is 9.82. The van der Waals surface area contributed by atoms with Crippen molar-refractivity contribution in [2.24, 2.45) is 0 Å². The summed E-state index contributed by atoms with van der Waals surface area (Å²) in [5.41, 5.74) is 0. The van der Waals surface area contributed by atoms with E-state index in [2.05, 4.69) is 15.9 Å². The van der Waals surface area contributed by atoms with Crippen LogP contribution in [-0.2, 0) is 11.2 Å². The summed E-state index contributed by atoms with van der Waals surface area (Å²) in [6.45, 7) is 3.80. The molecule has 1 unspecified atom stereocenters. The van der Waals surface area contributed by atoms with Crippen LogP contribution in [0, 0.1) is 0 Å². The van der Waals surface area contributed by atoms with Gasteiger partial charge in [-0.15, -0.1) is 0 Å². The maximum Gasteiger partial charge on any atom is 0.289 e. The zero-order valence-corrected chi connectivity index (χ0v) is 11.4. The van der Waals surface area contributed by atoms with Gasteiger partial charge >= 0.3 is 0 Å². The molecule has 1 aromatic heterocycles. The molecule has 2 rings (SSSR count). The molecule has 0 aromatic carbocycles.